The summed E-state index contributed by atoms with van der Waals surface area (Å²) in [5.41, 5.74) is 0.569. The molecule has 1 saturated heterocycles. The van der Waals surface area contributed by atoms with Gasteiger partial charge in [0.1, 0.15) is 5.69 Å². The Morgan fingerprint density at radius 3 is 2.75 bits per heavy atom. The summed E-state index contributed by atoms with van der Waals surface area (Å²) in [6.07, 6.45) is 0. The number of imide groups is 1. The summed E-state index contributed by atoms with van der Waals surface area (Å²) in [6, 6.07) is 6.03. The first-order valence-electron chi connectivity index (χ1n) is 8.49. The lowest BCUT2D eigenvalue weighted by atomic mass is 10.1. The largest absolute Gasteiger partial charge is 0.329 e. The number of nitro groups is 1. The number of aromatic amines is 1. The molecule has 1 aliphatic rings. The zero-order valence-electron chi connectivity index (χ0n) is 15.2. The molecule has 11 nitrogen and oxygen atoms in total. The fourth-order valence-electron chi connectivity index (χ4n) is 2.83. The van der Waals surface area contributed by atoms with Crippen molar-refractivity contribution in [2.45, 2.75) is 26.3 Å². The highest BCUT2D eigenvalue weighted by molar-refractivity contribution is 6.06. The summed E-state index contributed by atoms with van der Waals surface area (Å²) in [4.78, 5) is 47.6. The number of nitrogens with zero attached hydrogens (tertiary/aromatic N) is 3. The number of carbonyl (C=O) groups is 3. The van der Waals surface area contributed by atoms with Crippen LogP contribution in [0.25, 0.3) is 0 Å². The van der Waals surface area contributed by atoms with Crippen LogP contribution in [0.2, 0.25) is 0 Å². The molecule has 11 heteroatoms. The molecule has 1 aromatic carbocycles. The predicted octanol–water partition coefficient (Wildman–Crippen LogP) is 1.75. The summed E-state index contributed by atoms with van der Waals surface area (Å²) < 4.78 is 0. The second-order valence-electron chi connectivity index (χ2n) is 6.54. The van der Waals surface area contributed by atoms with Crippen molar-refractivity contribution in [2.24, 2.45) is 0 Å². The van der Waals surface area contributed by atoms with Gasteiger partial charge in [-0.3, -0.25) is 29.7 Å². The number of anilines is 1. The first-order chi connectivity index (χ1) is 13.3. The van der Waals surface area contributed by atoms with Gasteiger partial charge in [0.25, 0.3) is 5.91 Å². The van der Waals surface area contributed by atoms with E-state index in [9.17, 15) is 24.5 Å². The average molecular weight is 386 g/mol. The van der Waals surface area contributed by atoms with Gasteiger partial charge in [-0.15, -0.1) is 0 Å². The Kier molecular flexibility index (Phi) is 5.07. The number of hydrogen-bond acceptors (Lipinski definition) is 6. The molecule has 1 aromatic heterocycles. The number of carbonyl (C=O) groups excluding carboxylic acids is 3. The number of nitrogens with one attached hydrogen (secondary N) is 3. The van der Waals surface area contributed by atoms with E-state index >= 15 is 0 Å². The molecule has 0 atom stereocenters. The molecule has 0 spiro atoms. The Labute approximate surface area is 159 Å². The summed E-state index contributed by atoms with van der Waals surface area (Å²) in [7, 11) is 0. The highest BCUT2D eigenvalue weighted by atomic mass is 16.6. The summed E-state index contributed by atoms with van der Waals surface area (Å²) in [5, 5.41) is 22.7. The van der Waals surface area contributed by atoms with Crippen molar-refractivity contribution in [3.8, 4) is 0 Å². The Balaban J connectivity index is 1.79. The molecule has 1 aliphatic heterocycles. The molecule has 146 valence electrons. The molecular weight excluding hydrogens is 368 g/mol. The molecule has 2 aromatic rings. The van der Waals surface area contributed by atoms with E-state index in [2.05, 4.69) is 20.8 Å². The maximum atomic E-state index is 12.5. The van der Waals surface area contributed by atoms with Gasteiger partial charge in [0.15, 0.2) is 0 Å². The number of amides is 4. The van der Waals surface area contributed by atoms with Crippen LogP contribution in [-0.4, -0.2) is 44.4 Å². The molecule has 0 aliphatic carbocycles. The molecule has 0 radical (unpaired) electrons. The standard InChI is InChI=1S/C17H18N6O5/c1-9(2)13-15(23(27)28)14(21-20-13)16(25)19-11-5-3-4-10(6-11)8-22-12(24)7-18-17(22)26/h3-6,9H,7-8H2,1-2H3,(H,18,26)(H,19,25)(H,20,21). The van der Waals surface area contributed by atoms with Crippen LogP contribution < -0.4 is 10.6 Å². The van der Waals surface area contributed by atoms with Gasteiger partial charge < -0.3 is 10.6 Å². The van der Waals surface area contributed by atoms with Gasteiger partial charge in [-0.2, -0.15) is 5.10 Å². The van der Waals surface area contributed by atoms with Gasteiger partial charge in [0, 0.05) is 11.6 Å². The lowest BCUT2D eigenvalue weighted by Gasteiger charge is -2.13. The lowest BCUT2D eigenvalue weighted by molar-refractivity contribution is -0.385. The minimum atomic E-state index is -0.734. The SMILES string of the molecule is CC(C)c1[nH]nc(C(=O)Nc2cccc(CN3C(=O)CNC3=O)c2)c1[N+](=O)[O-]. The van der Waals surface area contributed by atoms with E-state index in [1.54, 1.807) is 38.1 Å². The average Bonchev–Trinajstić information content (AvgIpc) is 3.21. The quantitative estimate of drug-likeness (QED) is 0.391. The van der Waals surface area contributed by atoms with E-state index in [0.29, 0.717) is 11.3 Å². The van der Waals surface area contributed by atoms with Crippen molar-refractivity contribution >= 4 is 29.2 Å². The summed E-state index contributed by atoms with van der Waals surface area (Å²) >= 11 is 0. The third-order valence-corrected chi connectivity index (χ3v) is 4.21. The molecule has 2 heterocycles. The van der Waals surface area contributed by atoms with Crippen LogP contribution in [-0.2, 0) is 11.3 Å². The van der Waals surface area contributed by atoms with Crippen LogP contribution in [0, 0.1) is 10.1 Å². The van der Waals surface area contributed by atoms with E-state index in [-0.39, 0.29) is 42.0 Å². The van der Waals surface area contributed by atoms with Gasteiger partial charge in [-0.25, -0.2) is 4.79 Å². The highest BCUT2D eigenvalue weighted by Gasteiger charge is 2.31. The molecule has 28 heavy (non-hydrogen) atoms. The van der Waals surface area contributed by atoms with Crippen molar-refractivity contribution in [3.05, 3.63) is 51.3 Å². The first-order valence-corrected chi connectivity index (χ1v) is 8.49. The smallest absolute Gasteiger partial charge is 0.324 e. The molecule has 3 rings (SSSR count). The van der Waals surface area contributed by atoms with Crippen LogP contribution in [0.4, 0.5) is 16.2 Å². The third kappa shape index (κ3) is 3.68. The molecule has 0 bridgehead atoms. The maximum Gasteiger partial charge on any atom is 0.324 e. The number of aromatic nitrogens is 2. The Bertz CT molecular complexity index is 951. The molecule has 4 amide bonds. The topological polar surface area (TPSA) is 150 Å². The fraction of sp³-hybridized carbons (Fsp3) is 0.294. The third-order valence-electron chi connectivity index (χ3n) is 4.21. The second-order valence-corrected chi connectivity index (χ2v) is 6.54. The normalized spacial score (nSPS) is 13.8. The minimum Gasteiger partial charge on any atom is -0.329 e. The zero-order valence-corrected chi connectivity index (χ0v) is 15.2. The van der Waals surface area contributed by atoms with E-state index in [1.165, 1.54) is 0 Å². The maximum absolute atomic E-state index is 12.5. The van der Waals surface area contributed by atoms with E-state index in [0.717, 1.165) is 4.90 Å². The Morgan fingerprint density at radius 1 is 1.39 bits per heavy atom. The Hall–Kier alpha value is -3.76. The number of benzene rings is 1. The summed E-state index contributed by atoms with van der Waals surface area (Å²) in [6.45, 7) is 3.51. The summed E-state index contributed by atoms with van der Waals surface area (Å²) in [5.74, 6) is -1.28. The van der Waals surface area contributed by atoms with Crippen LogP contribution in [0.15, 0.2) is 24.3 Å². The van der Waals surface area contributed by atoms with E-state index in [4.69, 9.17) is 0 Å². The van der Waals surface area contributed by atoms with Crippen molar-refractivity contribution in [1.29, 1.82) is 0 Å². The highest BCUT2D eigenvalue weighted by Crippen LogP contribution is 2.28. The Morgan fingerprint density at radius 2 is 2.14 bits per heavy atom. The molecule has 1 fully saturated rings. The van der Waals surface area contributed by atoms with Crippen LogP contribution in [0.1, 0.15) is 41.5 Å². The predicted molar refractivity (Wildman–Crippen MR) is 97.7 cm³/mol. The van der Waals surface area contributed by atoms with Gasteiger partial charge in [-0.1, -0.05) is 26.0 Å². The second kappa shape index (κ2) is 7.47. The number of H-pyrrole nitrogens is 1. The zero-order chi connectivity index (χ0) is 20.4. The number of hydrogen-bond donors (Lipinski definition) is 3. The molecule has 3 N–H and O–H groups in total. The van der Waals surface area contributed by atoms with E-state index in [1.807, 2.05) is 0 Å². The lowest BCUT2D eigenvalue weighted by Crippen LogP contribution is -2.30. The van der Waals surface area contributed by atoms with Crippen molar-refractivity contribution in [2.75, 3.05) is 11.9 Å². The minimum absolute atomic E-state index is 0.0454. The van der Waals surface area contributed by atoms with Gasteiger partial charge in [0.2, 0.25) is 11.6 Å². The fourth-order valence-corrected chi connectivity index (χ4v) is 2.83. The van der Waals surface area contributed by atoms with Crippen molar-refractivity contribution < 1.29 is 19.3 Å². The van der Waals surface area contributed by atoms with Crippen molar-refractivity contribution in [3.63, 3.8) is 0 Å². The number of rotatable bonds is 6. The first kappa shape index (κ1) is 19.0. The van der Waals surface area contributed by atoms with Crippen LogP contribution in [0.5, 0.6) is 0 Å². The van der Waals surface area contributed by atoms with Gasteiger partial charge >= 0.3 is 11.7 Å². The van der Waals surface area contributed by atoms with Crippen LogP contribution >= 0.6 is 0 Å². The monoisotopic (exact) mass is 386 g/mol. The van der Waals surface area contributed by atoms with E-state index < -0.39 is 16.9 Å². The molecular formula is C17H18N6O5. The van der Waals surface area contributed by atoms with Gasteiger partial charge in [0.05, 0.1) is 18.0 Å². The van der Waals surface area contributed by atoms with Crippen molar-refractivity contribution in [1.82, 2.24) is 20.4 Å². The van der Waals surface area contributed by atoms with Gasteiger partial charge in [-0.05, 0) is 17.7 Å². The number of urea groups is 1. The molecule has 0 saturated carbocycles. The molecule has 0 unspecified atom stereocenters. The van der Waals surface area contributed by atoms with Crippen LogP contribution in [0.3, 0.4) is 0 Å².